The van der Waals surface area contributed by atoms with Crippen LogP contribution in [0.5, 0.6) is 0 Å². The van der Waals surface area contributed by atoms with Gasteiger partial charge < -0.3 is 15.2 Å². The van der Waals surface area contributed by atoms with Crippen LogP contribution >= 0.6 is 24.0 Å². The lowest BCUT2D eigenvalue weighted by molar-refractivity contribution is 0.386. The van der Waals surface area contributed by atoms with Crippen molar-refractivity contribution in [1.82, 2.24) is 20.8 Å². The summed E-state index contributed by atoms with van der Waals surface area (Å²) in [4.78, 5) is 8.31. The first-order chi connectivity index (χ1) is 8.28. The van der Waals surface area contributed by atoms with Crippen LogP contribution in [0.1, 0.15) is 37.4 Å². The number of nitrogens with zero attached hydrogens (tertiary/aromatic N) is 3. The van der Waals surface area contributed by atoms with Crippen LogP contribution in [0.25, 0.3) is 0 Å². The van der Waals surface area contributed by atoms with Crippen molar-refractivity contribution < 1.29 is 4.52 Å². The highest BCUT2D eigenvalue weighted by Crippen LogP contribution is 2.17. The Balaban J connectivity index is 0.00000162. The lowest BCUT2D eigenvalue weighted by Gasteiger charge is -2.15. The molecule has 18 heavy (non-hydrogen) atoms. The minimum absolute atomic E-state index is 0. The number of aryl methyl sites for hydroxylation is 1. The number of hydrogen-bond donors (Lipinski definition) is 2. The van der Waals surface area contributed by atoms with Crippen molar-refractivity contribution in [1.29, 1.82) is 0 Å². The van der Waals surface area contributed by atoms with E-state index < -0.39 is 0 Å². The quantitative estimate of drug-likeness (QED) is 0.484. The molecule has 0 bridgehead atoms. The minimum atomic E-state index is 0. The van der Waals surface area contributed by atoms with Gasteiger partial charge in [-0.3, -0.25) is 4.99 Å². The highest BCUT2D eigenvalue weighted by molar-refractivity contribution is 14.0. The molecule has 0 atom stereocenters. The molecule has 102 valence electrons. The summed E-state index contributed by atoms with van der Waals surface area (Å²) in [5.74, 6) is 2.04. The molecule has 1 aliphatic rings. The van der Waals surface area contributed by atoms with Crippen LogP contribution in [0.4, 0.5) is 0 Å². The van der Waals surface area contributed by atoms with Crippen molar-refractivity contribution in [2.75, 3.05) is 7.05 Å². The van der Waals surface area contributed by atoms with Crippen molar-refractivity contribution in [2.45, 2.75) is 45.2 Å². The zero-order valence-electron chi connectivity index (χ0n) is 10.8. The second kappa shape index (κ2) is 7.55. The summed E-state index contributed by atoms with van der Waals surface area (Å²) >= 11 is 0. The van der Waals surface area contributed by atoms with E-state index in [1.165, 1.54) is 25.7 Å². The summed E-state index contributed by atoms with van der Waals surface area (Å²) in [6, 6.07) is 0.549. The molecule has 7 heteroatoms. The van der Waals surface area contributed by atoms with Gasteiger partial charge >= 0.3 is 0 Å². The van der Waals surface area contributed by atoms with Crippen molar-refractivity contribution in [3.8, 4) is 0 Å². The first-order valence-electron chi connectivity index (χ1n) is 6.04. The standard InChI is InChI=1S/C11H19N5O.HI/c1-8-14-10(16-17-8)7-13-11(12-2)15-9-5-3-4-6-9;/h9H,3-7H2,1-2H3,(H2,12,13,15);1H. The average Bonchev–Trinajstić information content (AvgIpc) is 2.96. The van der Waals surface area contributed by atoms with E-state index >= 15 is 0 Å². The van der Waals surface area contributed by atoms with Gasteiger partial charge in [-0.25, -0.2) is 0 Å². The van der Waals surface area contributed by atoms with Gasteiger partial charge in [0.05, 0.1) is 6.54 Å². The Morgan fingerprint density at radius 3 is 2.72 bits per heavy atom. The lowest BCUT2D eigenvalue weighted by Crippen LogP contribution is -2.42. The monoisotopic (exact) mass is 365 g/mol. The first kappa shape index (κ1) is 15.2. The summed E-state index contributed by atoms with van der Waals surface area (Å²) in [6.07, 6.45) is 5.06. The number of hydrogen-bond acceptors (Lipinski definition) is 4. The van der Waals surface area contributed by atoms with Gasteiger partial charge in [0, 0.05) is 20.0 Å². The number of halogens is 1. The van der Waals surface area contributed by atoms with Gasteiger partial charge in [-0.1, -0.05) is 18.0 Å². The topological polar surface area (TPSA) is 75.3 Å². The van der Waals surface area contributed by atoms with E-state index in [1.807, 2.05) is 0 Å². The van der Waals surface area contributed by atoms with Crippen LogP contribution in [0.15, 0.2) is 9.52 Å². The number of rotatable bonds is 3. The Hall–Kier alpha value is -0.860. The van der Waals surface area contributed by atoms with Crippen LogP contribution in [-0.2, 0) is 6.54 Å². The summed E-state index contributed by atoms with van der Waals surface area (Å²) in [7, 11) is 1.77. The third-order valence-corrected chi connectivity index (χ3v) is 2.90. The molecule has 0 radical (unpaired) electrons. The van der Waals surface area contributed by atoms with E-state index in [0.717, 1.165) is 5.96 Å². The zero-order valence-corrected chi connectivity index (χ0v) is 13.1. The fourth-order valence-electron chi connectivity index (χ4n) is 2.03. The molecule has 0 amide bonds. The van der Waals surface area contributed by atoms with E-state index in [9.17, 15) is 0 Å². The maximum atomic E-state index is 4.90. The predicted octanol–water partition coefficient (Wildman–Crippen LogP) is 1.60. The molecule has 1 aliphatic carbocycles. The van der Waals surface area contributed by atoms with Gasteiger partial charge in [0.1, 0.15) is 0 Å². The molecule has 1 fully saturated rings. The van der Waals surface area contributed by atoms with Gasteiger partial charge in [0.15, 0.2) is 11.8 Å². The molecule has 0 saturated heterocycles. The van der Waals surface area contributed by atoms with Crippen molar-refractivity contribution in [3.63, 3.8) is 0 Å². The maximum Gasteiger partial charge on any atom is 0.223 e. The summed E-state index contributed by atoms with van der Waals surface area (Å²) in [5.41, 5.74) is 0. The molecular weight excluding hydrogens is 345 g/mol. The van der Waals surface area contributed by atoms with Gasteiger partial charge in [0.25, 0.3) is 0 Å². The van der Waals surface area contributed by atoms with E-state index in [1.54, 1.807) is 14.0 Å². The molecule has 1 aromatic rings. The predicted molar refractivity (Wildman–Crippen MR) is 80.0 cm³/mol. The molecule has 0 unspecified atom stereocenters. The van der Waals surface area contributed by atoms with Crippen LogP contribution in [0, 0.1) is 6.92 Å². The number of guanidine groups is 1. The molecule has 0 aromatic carbocycles. The molecule has 2 N–H and O–H groups in total. The van der Waals surface area contributed by atoms with Crippen LogP contribution in [0.2, 0.25) is 0 Å². The molecule has 1 aromatic heterocycles. The Morgan fingerprint density at radius 1 is 1.44 bits per heavy atom. The van der Waals surface area contributed by atoms with Gasteiger partial charge in [0.2, 0.25) is 5.89 Å². The van der Waals surface area contributed by atoms with Crippen molar-refractivity contribution in [3.05, 3.63) is 11.7 Å². The molecule has 2 rings (SSSR count). The fraction of sp³-hybridized carbons (Fsp3) is 0.727. The summed E-state index contributed by atoms with van der Waals surface area (Å²) in [6.45, 7) is 2.31. The molecule has 1 heterocycles. The van der Waals surface area contributed by atoms with E-state index in [4.69, 9.17) is 4.52 Å². The van der Waals surface area contributed by atoms with Gasteiger partial charge in [-0.2, -0.15) is 4.98 Å². The minimum Gasteiger partial charge on any atom is -0.354 e. The molecule has 0 spiro atoms. The van der Waals surface area contributed by atoms with E-state index in [0.29, 0.717) is 24.3 Å². The summed E-state index contributed by atoms with van der Waals surface area (Å²) < 4.78 is 4.90. The first-order valence-corrected chi connectivity index (χ1v) is 6.04. The smallest absolute Gasteiger partial charge is 0.223 e. The average molecular weight is 365 g/mol. The van der Waals surface area contributed by atoms with Crippen LogP contribution < -0.4 is 10.6 Å². The SMILES string of the molecule is CN=C(NCc1noc(C)n1)NC1CCCC1.I. The maximum absolute atomic E-state index is 4.90. The third kappa shape index (κ3) is 4.43. The molecule has 0 aliphatic heterocycles. The Bertz CT molecular complexity index is 387. The molecule has 6 nitrogen and oxygen atoms in total. The van der Waals surface area contributed by atoms with Crippen molar-refractivity contribution in [2.24, 2.45) is 4.99 Å². The Labute approximate surface area is 124 Å². The highest BCUT2D eigenvalue weighted by atomic mass is 127. The second-order valence-electron chi connectivity index (χ2n) is 4.28. The van der Waals surface area contributed by atoms with Crippen LogP contribution in [-0.4, -0.2) is 29.2 Å². The Kier molecular flexibility index (Phi) is 6.37. The van der Waals surface area contributed by atoms with E-state index in [2.05, 4.69) is 25.8 Å². The number of nitrogens with one attached hydrogen (secondary N) is 2. The molecular formula is C11H20IN5O. The van der Waals surface area contributed by atoms with Gasteiger partial charge in [-0.15, -0.1) is 24.0 Å². The Morgan fingerprint density at radius 2 is 2.17 bits per heavy atom. The highest BCUT2D eigenvalue weighted by Gasteiger charge is 2.15. The number of aromatic nitrogens is 2. The second-order valence-corrected chi connectivity index (χ2v) is 4.28. The lowest BCUT2D eigenvalue weighted by atomic mass is 10.2. The molecule has 1 saturated carbocycles. The normalized spacial score (nSPS) is 16.4. The third-order valence-electron chi connectivity index (χ3n) is 2.90. The van der Waals surface area contributed by atoms with Crippen LogP contribution in [0.3, 0.4) is 0 Å². The van der Waals surface area contributed by atoms with Crippen molar-refractivity contribution >= 4 is 29.9 Å². The number of aliphatic imine (C=N–C) groups is 1. The summed E-state index contributed by atoms with van der Waals surface area (Å²) in [5, 5.41) is 10.4. The largest absolute Gasteiger partial charge is 0.354 e. The van der Waals surface area contributed by atoms with Gasteiger partial charge in [-0.05, 0) is 12.8 Å². The van der Waals surface area contributed by atoms with E-state index in [-0.39, 0.29) is 24.0 Å². The zero-order chi connectivity index (χ0) is 12.1. The fourth-order valence-corrected chi connectivity index (χ4v) is 2.03.